The predicted molar refractivity (Wildman–Crippen MR) is 92.2 cm³/mol. The summed E-state index contributed by atoms with van der Waals surface area (Å²) >= 11 is 9.58. The summed E-state index contributed by atoms with van der Waals surface area (Å²) in [4.78, 5) is 8.49. The van der Waals surface area contributed by atoms with Crippen molar-refractivity contribution >= 4 is 33.5 Å². The van der Waals surface area contributed by atoms with Gasteiger partial charge < -0.3 is 15.1 Å². The van der Waals surface area contributed by atoms with Crippen molar-refractivity contribution in [3.63, 3.8) is 0 Å². The number of hydrogen-bond donors (Lipinski definition) is 2. The Kier molecular flexibility index (Phi) is 5.85. The van der Waals surface area contributed by atoms with Gasteiger partial charge in [-0.15, -0.1) is 0 Å². The first-order valence-electron chi connectivity index (χ1n) is 6.81. The van der Waals surface area contributed by atoms with Crippen LogP contribution in [0, 0.1) is 13.8 Å². The molecule has 0 aliphatic carbocycles. The van der Waals surface area contributed by atoms with Gasteiger partial charge in [0.25, 0.3) is 0 Å². The molecule has 0 saturated carbocycles. The minimum atomic E-state index is 0.475. The van der Waals surface area contributed by atoms with Gasteiger partial charge in [-0.1, -0.05) is 33.6 Å². The Balaban J connectivity index is 1.90. The molecule has 0 spiro atoms. The van der Waals surface area contributed by atoms with Gasteiger partial charge in [0, 0.05) is 23.1 Å². The summed E-state index contributed by atoms with van der Waals surface area (Å²) in [6, 6.07) is 5.79. The van der Waals surface area contributed by atoms with E-state index in [0.29, 0.717) is 30.0 Å². The van der Waals surface area contributed by atoms with Gasteiger partial charge in [0.1, 0.15) is 5.76 Å². The molecule has 0 unspecified atom stereocenters. The van der Waals surface area contributed by atoms with Crippen LogP contribution < -0.4 is 10.6 Å². The number of aromatic nitrogens is 1. The van der Waals surface area contributed by atoms with Gasteiger partial charge in [-0.2, -0.15) is 0 Å². The van der Waals surface area contributed by atoms with Crippen molar-refractivity contribution in [2.24, 2.45) is 4.99 Å². The molecular weight excluding hydrogens is 368 g/mol. The van der Waals surface area contributed by atoms with E-state index in [2.05, 4.69) is 36.5 Å². The van der Waals surface area contributed by atoms with Gasteiger partial charge in [0.15, 0.2) is 5.96 Å². The Morgan fingerprint density at radius 2 is 2.05 bits per heavy atom. The smallest absolute Gasteiger partial charge is 0.214 e. The topological polar surface area (TPSA) is 62.5 Å². The fraction of sp³-hybridized carbons (Fsp3) is 0.333. The summed E-state index contributed by atoms with van der Waals surface area (Å²) in [6.45, 7) is 4.87. The van der Waals surface area contributed by atoms with Crippen molar-refractivity contribution in [1.29, 1.82) is 0 Å². The third kappa shape index (κ3) is 4.48. The van der Waals surface area contributed by atoms with E-state index in [1.807, 2.05) is 32.0 Å². The van der Waals surface area contributed by atoms with E-state index >= 15 is 0 Å². The highest BCUT2D eigenvalue weighted by Gasteiger charge is 2.07. The SMILES string of the molecule is CN=C(NCc1nc(C)c(C)o1)NCc1ccc(Br)cc1Cl. The molecule has 2 aromatic rings. The number of guanidine groups is 1. The van der Waals surface area contributed by atoms with Crippen molar-refractivity contribution in [2.75, 3.05) is 7.05 Å². The lowest BCUT2D eigenvalue weighted by molar-refractivity contribution is 0.463. The zero-order valence-electron chi connectivity index (χ0n) is 12.7. The van der Waals surface area contributed by atoms with Crippen LogP contribution in [0.4, 0.5) is 0 Å². The molecule has 1 aromatic heterocycles. The zero-order valence-corrected chi connectivity index (χ0v) is 15.0. The molecule has 0 amide bonds. The van der Waals surface area contributed by atoms with Gasteiger partial charge in [-0.05, 0) is 31.5 Å². The molecule has 0 radical (unpaired) electrons. The summed E-state index contributed by atoms with van der Waals surface area (Å²) in [6.07, 6.45) is 0. The van der Waals surface area contributed by atoms with Crippen LogP contribution in [0.5, 0.6) is 0 Å². The fourth-order valence-corrected chi connectivity index (χ4v) is 2.58. The van der Waals surface area contributed by atoms with Crippen LogP contribution in [-0.2, 0) is 13.1 Å². The van der Waals surface area contributed by atoms with E-state index in [1.165, 1.54) is 0 Å². The quantitative estimate of drug-likeness (QED) is 0.624. The van der Waals surface area contributed by atoms with Crippen molar-refractivity contribution in [1.82, 2.24) is 15.6 Å². The Hall–Kier alpha value is -1.53. The normalized spacial score (nSPS) is 11.6. The number of aryl methyl sites for hydroxylation is 2. The monoisotopic (exact) mass is 384 g/mol. The minimum Gasteiger partial charge on any atom is -0.444 e. The summed E-state index contributed by atoms with van der Waals surface area (Å²) < 4.78 is 6.48. The molecule has 0 fully saturated rings. The van der Waals surface area contributed by atoms with Gasteiger partial charge >= 0.3 is 0 Å². The van der Waals surface area contributed by atoms with E-state index in [0.717, 1.165) is 21.5 Å². The molecule has 0 bridgehead atoms. The summed E-state index contributed by atoms with van der Waals surface area (Å²) in [5, 5.41) is 7.07. The highest BCUT2D eigenvalue weighted by molar-refractivity contribution is 9.10. The van der Waals surface area contributed by atoms with E-state index in [-0.39, 0.29) is 0 Å². The maximum atomic E-state index is 6.19. The van der Waals surface area contributed by atoms with Crippen molar-refractivity contribution in [2.45, 2.75) is 26.9 Å². The van der Waals surface area contributed by atoms with E-state index in [9.17, 15) is 0 Å². The third-order valence-electron chi connectivity index (χ3n) is 3.16. The number of hydrogen-bond acceptors (Lipinski definition) is 3. The minimum absolute atomic E-state index is 0.475. The Morgan fingerprint density at radius 1 is 1.32 bits per heavy atom. The van der Waals surface area contributed by atoms with Crippen LogP contribution in [0.1, 0.15) is 22.9 Å². The summed E-state index contributed by atoms with van der Waals surface area (Å²) in [5.41, 5.74) is 1.90. The number of benzene rings is 1. The second kappa shape index (κ2) is 7.65. The lowest BCUT2D eigenvalue weighted by Gasteiger charge is -2.11. The molecule has 2 rings (SSSR count). The third-order valence-corrected chi connectivity index (χ3v) is 4.01. The molecule has 0 saturated heterocycles. The van der Waals surface area contributed by atoms with Crippen molar-refractivity contribution < 1.29 is 4.42 Å². The molecular formula is C15H18BrClN4O. The number of rotatable bonds is 4. The van der Waals surface area contributed by atoms with Gasteiger partial charge in [-0.25, -0.2) is 4.98 Å². The van der Waals surface area contributed by atoms with Crippen LogP contribution in [0.15, 0.2) is 32.1 Å². The lowest BCUT2D eigenvalue weighted by atomic mass is 10.2. The highest BCUT2D eigenvalue weighted by atomic mass is 79.9. The maximum Gasteiger partial charge on any atom is 0.214 e. The second-order valence-corrected chi connectivity index (χ2v) is 6.09. The Morgan fingerprint density at radius 3 is 2.64 bits per heavy atom. The fourth-order valence-electron chi connectivity index (χ4n) is 1.84. The van der Waals surface area contributed by atoms with Crippen LogP contribution in [0.3, 0.4) is 0 Å². The molecule has 1 heterocycles. The first-order valence-corrected chi connectivity index (χ1v) is 7.98. The first-order chi connectivity index (χ1) is 10.5. The molecule has 0 atom stereocenters. The lowest BCUT2D eigenvalue weighted by Crippen LogP contribution is -2.36. The Labute approximate surface area is 143 Å². The first kappa shape index (κ1) is 16.8. The van der Waals surface area contributed by atoms with Gasteiger partial charge in [0.2, 0.25) is 5.89 Å². The van der Waals surface area contributed by atoms with Crippen LogP contribution >= 0.6 is 27.5 Å². The van der Waals surface area contributed by atoms with E-state index in [1.54, 1.807) is 7.05 Å². The largest absolute Gasteiger partial charge is 0.444 e. The predicted octanol–water partition coefficient (Wildman–Crippen LogP) is 3.57. The molecule has 7 heteroatoms. The number of nitrogens with zero attached hydrogens (tertiary/aromatic N) is 2. The molecule has 0 aliphatic heterocycles. The molecule has 2 N–H and O–H groups in total. The second-order valence-electron chi connectivity index (χ2n) is 4.76. The number of halogens is 2. The summed E-state index contributed by atoms with van der Waals surface area (Å²) in [5.74, 6) is 2.13. The van der Waals surface area contributed by atoms with Crippen molar-refractivity contribution in [3.8, 4) is 0 Å². The van der Waals surface area contributed by atoms with Crippen LogP contribution in [-0.4, -0.2) is 18.0 Å². The van der Waals surface area contributed by atoms with Crippen molar-refractivity contribution in [3.05, 3.63) is 50.6 Å². The van der Waals surface area contributed by atoms with Gasteiger partial charge in [0.05, 0.1) is 12.2 Å². The number of oxazole rings is 1. The maximum absolute atomic E-state index is 6.19. The molecule has 1 aromatic carbocycles. The van der Waals surface area contributed by atoms with Crippen LogP contribution in [0.2, 0.25) is 5.02 Å². The molecule has 22 heavy (non-hydrogen) atoms. The molecule has 5 nitrogen and oxygen atoms in total. The molecule has 0 aliphatic rings. The van der Waals surface area contributed by atoms with Gasteiger partial charge in [-0.3, -0.25) is 4.99 Å². The summed E-state index contributed by atoms with van der Waals surface area (Å²) in [7, 11) is 1.71. The average Bonchev–Trinajstić information content (AvgIpc) is 2.79. The highest BCUT2D eigenvalue weighted by Crippen LogP contribution is 2.21. The standard InChI is InChI=1S/C15H18BrClN4O/c1-9-10(2)22-14(21-9)8-20-15(18-3)19-7-11-4-5-12(16)6-13(11)17/h4-6H,7-8H2,1-3H3,(H2,18,19,20). The molecule has 118 valence electrons. The zero-order chi connectivity index (χ0) is 16.1. The Bertz CT molecular complexity index is 665. The van der Waals surface area contributed by atoms with Crippen LogP contribution in [0.25, 0.3) is 0 Å². The number of aliphatic imine (C=N–C) groups is 1. The number of nitrogens with one attached hydrogen (secondary N) is 2. The van der Waals surface area contributed by atoms with E-state index < -0.39 is 0 Å². The van der Waals surface area contributed by atoms with E-state index in [4.69, 9.17) is 16.0 Å². The average molecular weight is 386 g/mol.